The highest BCUT2D eigenvalue weighted by atomic mass is 32.2. The molecule has 0 saturated carbocycles. The summed E-state index contributed by atoms with van der Waals surface area (Å²) in [5.74, 6) is -14.0. The average molecular weight is 1670 g/mol. The van der Waals surface area contributed by atoms with Crippen molar-refractivity contribution >= 4 is 136 Å². The zero-order chi connectivity index (χ0) is 86.1. The molecule has 0 aliphatic carbocycles. The Morgan fingerprint density at radius 1 is 0.465 bits per heavy atom. The highest BCUT2D eigenvalue weighted by Gasteiger charge is 2.43. The van der Waals surface area contributed by atoms with E-state index in [4.69, 9.17) is 22.9 Å². The van der Waals surface area contributed by atoms with Crippen molar-refractivity contribution in [3.63, 3.8) is 0 Å². The van der Waals surface area contributed by atoms with Gasteiger partial charge in [-0.15, -0.1) is 0 Å². The van der Waals surface area contributed by atoms with E-state index in [2.05, 4.69) is 79.4 Å². The molecule has 2 aliphatic rings. The zero-order valence-corrected chi connectivity index (χ0v) is 70.2. The van der Waals surface area contributed by atoms with Crippen LogP contribution in [-0.2, 0) is 76.7 Å². The van der Waals surface area contributed by atoms with Crippen molar-refractivity contribution in [3.05, 3.63) is 0 Å². The summed E-state index contributed by atoms with van der Waals surface area (Å²) in [5.41, 5.74) is 22.3. The van der Waals surface area contributed by atoms with Gasteiger partial charge in [0.05, 0.1) is 18.8 Å². The maximum atomic E-state index is 14.5. The lowest BCUT2D eigenvalue weighted by molar-refractivity contribution is -0.144. The Morgan fingerprint density at radius 2 is 0.886 bits per heavy atom. The minimum Gasteiger partial charge on any atom is -0.480 e. The van der Waals surface area contributed by atoms with E-state index in [1.807, 2.05) is 0 Å². The predicted molar refractivity (Wildman–Crippen MR) is 433 cm³/mol. The van der Waals surface area contributed by atoms with E-state index >= 15 is 0 Å². The number of carboxylic acids is 1. The normalized spacial score (nSPS) is 17.6. The summed E-state index contributed by atoms with van der Waals surface area (Å²) in [4.78, 5) is 225. The molecule has 42 heteroatoms. The second-order valence-electron chi connectivity index (χ2n) is 29.7. The molecule has 0 aromatic heterocycles. The van der Waals surface area contributed by atoms with E-state index < -0.39 is 204 Å². The lowest BCUT2D eigenvalue weighted by Crippen LogP contribution is -2.62. The largest absolute Gasteiger partial charge is 0.480 e. The van der Waals surface area contributed by atoms with Gasteiger partial charge in [-0.05, 0) is 184 Å². The van der Waals surface area contributed by atoms with E-state index in [1.54, 1.807) is 60.3 Å². The number of hydrogen-bond donors (Lipinski definition) is 21. The van der Waals surface area contributed by atoms with Gasteiger partial charge in [0, 0.05) is 19.5 Å². The van der Waals surface area contributed by atoms with Crippen LogP contribution in [0.15, 0.2) is 4.99 Å². The first-order valence-electron chi connectivity index (χ1n) is 38.8. The third-order valence-electron chi connectivity index (χ3n) is 18.7. The number of aliphatic carboxylic acids is 1. The molecule has 0 spiro atoms. The maximum Gasteiger partial charge on any atom is 0.325 e. The standard InChI is InChI=1S/C72H128N20O19S3/c1-37(2)34-50(65(104)86-49(26-33-114-12)64(103)83-46(22-23-54(74)95)59(98)80-41(8)71(110)111)87-66(105)51(35-38(3)4)88-68(107)53-21-17-30-92(53)70(109)56(42(9)94)91-57(96)40(7)79-60(99)47(24-31-112-10)84-62(101)45(20-16-29-78-72(75)76)81-63(102)48(25-32-113-11)85-61(100)44(18-13-14-27-73)82-67(106)52(36-93)89-69(108)55(39(5)6)90-58(97)43-19-15-28-77-43/h37-53,55-56,77,93-94H,13-36,73H2,1-12H3,(H2,74,95)(H,79,99)(H,80,98)(H,81,102)(H,82,106)(H,83,103)(H,84,101)(H,85,100)(H,86,104)(H,87,105)(H,88,107)(H,89,108)(H,90,97)(H,91,96)(H,110,111)(H4,75,76,78)/t40-,41-,42+,43-,44-,45-,46-,47-,48-,49-,50-,51-,52-,53-,55-,56-/m0/s1. The molecule has 39 nitrogen and oxygen atoms in total. The highest BCUT2D eigenvalue weighted by Crippen LogP contribution is 2.22. The summed E-state index contributed by atoms with van der Waals surface area (Å²) in [5, 5.41) is 67.7. The summed E-state index contributed by atoms with van der Waals surface area (Å²) < 4.78 is 0. The summed E-state index contributed by atoms with van der Waals surface area (Å²) >= 11 is 3.99. The first-order chi connectivity index (χ1) is 53.7. The van der Waals surface area contributed by atoms with E-state index in [9.17, 15) is 92.0 Å². The number of rotatable bonds is 55. The van der Waals surface area contributed by atoms with Crippen LogP contribution >= 0.6 is 35.3 Å². The lowest BCUT2D eigenvalue weighted by atomic mass is 9.99. The number of guanidine groups is 1. The third-order valence-corrected chi connectivity index (χ3v) is 20.6. The Balaban J connectivity index is 2.40. The van der Waals surface area contributed by atoms with Crippen LogP contribution in [0, 0.1) is 17.8 Å². The molecule has 0 radical (unpaired) electrons. The second kappa shape index (κ2) is 53.8. The molecule has 2 rings (SSSR count). The molecule has 2 saturated heterocycles. The fourth-order valence-electron chi connectivity index (χ4n) is 12.2. The number of unbranched alkanes of at least 4 members (excludes halogenated alkanes) is 1. The molecular weight excluding hydrogens is 1550 g/mol. The quantitative estimate of drug-likeness (QED) is 0.0154. The topological polar surface area (TPSA) is 622 Å². The van der Waals surface area contributed by atoms with Gasteiger partial charge < -0.3 is 118 Å². The maximum absolute atomic E-state index is 14.5. The van der Waals surface area contributed by atoms with Crippen LogP contribution in [0.3, 0.4) is 0 Å². The molecule has 0 aromatic rings. The Morgan fingerprint density at radius 3 is 1.30 bits per heavy atom. The van der Waals surface area contributed by atoms with Crippen molar-refractivity contribution in [1.82, 2.24) is 79.3 Å². The molecule has 2 aliphatic heterocycles. The molecule has 2 heterocycles. The Kier molecular flexibility index (Phi) is 48.0. The third kappa shape index (κ3) is 37.1. The molecule has 648 valence electrons. The predicted octanol–water partition coefficient (Wildman–Crippen LogP) is -5.02. The Bertz CT molecular complexity index is 3220. The number of nitrogens with zero attached hydrogens (tertiary/aromatic N) is 2. The summed E-state index contributed by atoms with van der Waals surface area (Å²) in [6.07, 6.45) is 5.47. The van der Waals surface area contributed by atoms with Gasteiger partial charge >= 0.3 is 5.97 Å². The first-order valence-corrected chi connectivity index (χ1v) is 42.9. The van der Waals surface area contributed by atoms with E-state index in [0.29, 0.717) is 37.3 Å². The number of hydrogen-bond acceptors (Lipinski definition) is 24. The van der Waals surface area contributed by atoms with E-state index in [1.165, 1.54) is 56.1 Å². The fraction of sp³-hybridized carbons (Fsp3) is 0.764. The molecule has 0 bridgehead atoms. The summed E-state index contributed by atoms with van der Waals surface area (Å²) in [7, 11) is 0. The van der Waals surface area contributed by atoms with Crippen molar-refractivity contribution in [2.75, 3.05) is 68.8 Å². The van der Waals surface area contributed by atoms with E-state index in [-0.39, 0.29) is 120 Å². The average Bonchev–Trinajstić information content (AvgIpc) is 1.59. The number of primary amides is 1. The van der Waals surface area contributed by atoms with Crippen molar-refractivity contribution < 1.29 is 92.0 Å². The van der Waals surface area contributed by atoms with Gasteiger partial charge in [0.1, 0.15) is 84.6 Å². The molecule has 25 N–H and O–H groups in total. The Labute approximate surface area is 680 Å². The number of nitrogens with two attached hydrogens (primary N) is 4. The number of likely N-dealkylation sites (tertiary alicyclic amines) is 1. The van der Waals surface area contributed by atoms with Crippen LogP contribution in [0.2, 0.25) is 0 Å². The van der Waals surface area contributed by atoms with Gasteiger partial charge in [0.15, 0.2) is 5.96 Å². The van der Waals surface area contributed by atoms with E-state index in [0.717, 1.165) is 11.3 Å². The van der Waals surface area contributed by atoms with Crippen LogP contribution in [0.4, 0.5) is 0 Å². The molecule has 15 amide bonds. The van der Waals surface area contributed by atoms with Crippen molar-refractivity contribution in [2.24, 2.45) is 45.7 Å². The molecule has 114 heavy (non-hydrogen) atoms. The van der Waals surface area contributed by atoms with Crippen molar-refractivity contribution in [3.8, 4) is 0 Å². The van der Waals surface area contributed by atoms with Crippen molar-refractivity contribution in [1.29, 1.82) is 0 Å². The lowest BCUT2D eigenvalue weighted by Gasteiger charge is -2.32. The van der Waals surface area contributed by atoms with Crippen LogP contribution in [0.5, 0.6) is 0 Å². The minimum absolute atomic E-state index is 0.00158. The fourth-order valence-corrected chi connectivity index (χ4v) is 13.7. The number of carbonyl (C=O) groups is 16. The molecule has 0 aromatic carbocycles. The molecule has 2 fully saturated rings. The molecular formula is C72H128N20O19S3. The van der Waals surface area contributed by atoms with Gasteiger partial charge in [0.25, 0.3) is 0 Å². The van der Waals surface area contributed by atoms with Crippen molar-refractivity contribution in [2.45, 2.75) is 262 Å². The van der Waals surface area contributed by atoms with Crippen LogP contribution in [0.25, 0.3) is 0 Å². The number of carbonyl (C=O) groups excluding carboxylic acids is 15. The number of aliphatic hydroxyl groups excluding tert-OH is 2. The second-order valence-corrected chi connectivity index (χ2v) is 32.6. The molecule has 0 unspecified atom stereocenters. The number of amides is 15. The van der Waals surface area contributed by atoms with Gasteiger partial charge in [0.2, 0.25) is 88.6 Å². The van der Waals surface area contributed by atoms with Crippen LogP contribution in [0.1, 0.15) is 165 Å². The highest BCUT2D eigenvalue weighted by molar-refractivity contribution is 7.99. The monoisotopic (exact) mass is 1670 g/mol. The first kappa shape index (κ1) is 102. The number of aliphatic hydroxyl groups is 2. The molecule has 16 atom stereocenters. The van der Waals surface area contributed by atoms with Crippen LogP contribution < -0.4 is 97.4 Å². The number of thioether (sulfide) groups is 3. The minimum atomic E-state index is -1.71. The number of aliphatic imine (C=N–C) groups is 1. The Hall–Kier alpha value is -8.32. The van der Waals surface area contributed by atoms with Gasteiger partial charge in [-0.3, -0.25) is 81.7 Å². The van der Waals surface area contributed by atoms with Gasteiger partial charge in [-0.25, -0.2) is 0 Å². The smallest absolute Gasteiger partial charge is 0.325 e. The summed E-state index contributed by atoms with van der Waals surface area (Å²) in [6, 6.07) is -19.8. The van der Waals surface area contributed by atoms with Gasteiger partial charge in [-0.1, -0.05) is 41.5 Å². The zero-order valence-electron chi connectivity index (χ0n) is 67.7. The number of nitrogens with one attached hydrogen (secondary N) is 14. The van der Waals surface area contributed by atoms with Gasteiger partial charge in [-0.2, -0.15) is 35.3 Å². The van der Waals surface area contributed by atoms with Crippen LogP contribution in [-0.4, -0.2) is 286 Å². The SMILES string of the molecule is CSCC[C@H](NC(=O)[C@H](CCCN=C(N)N)NC(=O)[C@H](CCSC)NC(=O)[C@H](CCCCN)NC(=O)[C@H](CO)NC(=O)[C@@H](NC(=O)[C@@H]1CCCN1)C(C)C)C(=O)N[C@@H](C)C(=O)N[C@H](C(=O)N1CCC[C@H]1C(=O)N[C@@H](CC(C)C)C(=O)N[C@@H](CC(C)C)C(=O)N[C@@H](CCSC)C(=O)N[C@@H](CCC(N)=O)C(=O)N[C@@H](C)C(=O)O)[C@@H](C)O. The number of carboxylic acid groups (broad SMARTS) is 1. The summed E-state index contributed by atoms with van der Waals surface area (Å²) in [6.45, 7) is 14.1.